The van der Waals surface area contributed by atoms with Gasteiger partial charge in [-0.05, 0) is 36.1 Å². The van der Waals surface area contributed by atoms with Crippen LogP contribution in [0, 0.1) is 11.7 Å². The predicted molar refractivity (Wildman–Crippen MR) is 89.8 cm³/mol. The van der Waals surface area contributed by atoms with Crippen molar-refractivity contribution >= 4 is 11.8 Å². The van der Waals surface area contributed by atoms with E-state index in [4.69, 9.17) is 0 Å². The number of carbonyl (C=O) groups excluding carboxylic acids is 2. The van der Waals surface area contributed by atoms with Crippen LogP contribution in [0.4, 0.5) is 4.39 Å². The first kappa shape index (κ1) is 17.1. The molecule has 0 aliphatic carbocycles. The van der Waals surface area contributed by atoms with Crippen molar-refractivity contribution in [1.82, 2.24) is 20.4 Å². The van der Waals surface area contributed by atoms with Crippen LogP contribution in [-0.4, -0.2) is 40.0 Å². The minimum Gasteiger partial charge on any atom is -0.355 e. The van der Waals surface area contributed by atoms with E-state index >= 15 is 0 Å². The fourth-order valence-electron chi connectivity index (χ4n) is 3.03. The minimum atomic E-state index is -0.324. The van der Waals surface area contributed by atoms with Gasteiger partial charge in [0.15, 0.2) is 0 Å². The lowest BCUT2D eigenvalue weighted by Gasteiger charge is -2.32. The molecule has 0 spiro atoms. The van der Waals surface area contributed by atoms with Gasteiger partial charge < -0.3 is 10.2 Å². The molecule has 2 aromatic rings. The summed E-state index contributed by atoms with van der Waals surface area (Å²) in [6.07, 6.45) is 5.13. The third kappa shape index (κ3) is 4.65. The molecule has 132 valence electrons. The van der Waals surface area contributed by atoms with Crippen molar-refractivity contribution in [3.63, 3.8) is 0 Å². The summed E-state index contributed by atoms with van der Waals surface area (Å²) in [4.78, 5) is 26.1. The van der Waals surface area contributed by atoms with Crippen LogP contribution in [0.3, 0.4) is 0 Å². The number of hydrogen-bond donors (Lipinski definition) is 2. The molecular weight excluding hydrogens is 323 g/mol. The number of nitrogens with zero attached hydrogens (tertiary/aromatic N) is 2. The molecule has 2 N–H and O–H groups in total. The van der Waals surface area contributed by atoms with Crippen molar-refractivity contribution in [2.75, 3.05) is 13.1 Å². The average molecular weight is 344 g/mol. The lowest BCUT2D eigenvalue weighted by molar-refractivity contribution is -0.138. The molecule has 0 bridgehead atoms. The molecule has 2 heterocycles. The number of amides is 2. The van der Waals surface area contributed by atoms with Gasteiger partial charge in [-0.3, -0.25) is 14.7 Å². The quantitative estimate of drug-likeness (QED) is 0.836. The van der Waals surface area contributed by atoms with Crippen LogP contribution < -0.4 is 5.32 Å². The zero-order valence-electron chi connectivity index (χ0n) is 13.9. The standard InChI is InChI=1S/C18H21FN4O2/c19-16-3-1-2-13(8-16)11-23-12-15(4-5-17(23)24)18(25)20-7-6-14-9-21-22-10-14/h1-3,8-10,15H,4-7,11-12H2,(H,20,25)(H,21,22). The van der Waals surface area contributed by atoms with Gasteiger partial charge in [0.1, 0.15) is 5.82 Å². The first-order valence-electron chi connectivity index (χ1n) is 8.39. The molecular formula is C18H21FN4O2. The maximum atomic E-state index is 13.3. The zero-order valence-corrected chi connectivity index (χ0v) is 13.9. The van der Waals surface area contributed by atoms with Gasteiger partial charge in [0, 0.05) is 32.3 Å². The Hall–Kier alpha value is -2.70. The van der Waals surface area contributed by atoms with Crippen LogP contribution in [0.15, 0.2) is 36.7 Å². The fourth-order valence-corrected chi connectivity index (χ4v) is 3.03. The van der Waals surface area contributed by atoms with Gasteiger partial charge in [0.05, 0.1) is 12.1 Å². The Bertz CT molecular complexity index is 732. The molecule has 0 saturated carbocycles. The zero-order chi connectivity index (χ0) is 17.6. The van der Waals surface area contributed by atoms with Crippen LogP contribution in [-0.2, 0) is 22.6 Å². The molecule has 1 fully saturated rings. The van der Waals surface area contributed by atoms with Crippen molar-refractivity contribution in [1.29, 1.82) is 0 Å². The SMILES string of the molecule is O=C(NCCc1cn[nH]c1)C1CCC(=O)N(Cc2cccc(F)c2)C1. The predicted octanol–water partition coefficient (Wildman–Crippen LogP) is 1.65. The summed E-state index contributed by atoms with van der Waals surface area (Å²) in [5.41, 5.74) is 1.77. The van der Waals surface area contributed by atoms with E-state index in [9.17, 15) is 14.0 Å². The van der Waals surface area contributed by atoms with Crippen LogP contribution in [0.5, 0.6) is 0 Å². The maximum absolute atomic E-state index is 13.3. The second-order valence-corrected chi connectivity index (χ2v) is 6.29. The number of aromatic amines is 1. The molecule has 1 saturated heterocycles. The average Bonchev–Trinajstić information content (AvgIpc) is 3.10. The molecule has 1 unspecified atom stereocenters. The lowest BCUT2D eigenvalue weighted by atomic mass is 9.96. The maximum Gasteiger partial charge on any atom is 0.224 e. The summed E-state index contributed by atoms with van der Waals surface area (Å²) in [5, 5.41) is 9.52. The number of benzene rings is 1. The second-order valence-electron chi connectivity index (χ2n) is 6.29. The Balaban J connectivity index is 1.52. The van der Waals surface area contributed by atoms with Crippen molar-refractivity contribution in [2.45, 2.75) is 25.8 Å². The van der Waals surface area contributed by atoms with Crippen molar-refractivity contribution in [3.05, 3.63) is 53.6 Å². The normalized spacial score (nSPS) is 17.6. The molecule has 2 amide bonds. The van der Waals surface area contributed by atoms with Crippen LogP contribution in [0.2, 0.25) is 0 Å². The Labute approximate surface area is 145 Å². The summed E-state index contributed by atoms with van der Waals surface area (Å²) < 4.78 is 13.3. The summed E-state index contributed by atoms with van der Waals surface area (Å²) >= 11 is 0. The van der Waals surface area contributed by atoms with E-state index in [0.29, 0.717) is 38.9 Å². The van der Waals surface area contributed by atoms with Gasteiger partial charge in [-0.25, -0.2) is 4.39 Å². The minimum absolute atomic E-state index is 0.00621. The van der Waals surface area contributed by atoms with E-state index in [2.05, 4.69) is 15.5 Å². The smallest absolute Gasteiger partial charge is 0.224 e. The van der Waals surface area contributed by atoms with Gasteiger partial charge in [0.25, 0.3) is 0 Å². The largest absolute Gasteiger partial charge is 0.355 e. The number of carbonyl (C=O) groups is 2. The molecule has 1 aliphatic heterocycles. The topological polar surface area (TPSA) is 78.1 Å². The van der Waals surface area contributed by atoms with Gasteiger partial charge >= 0.3 is 0 Å². The van der Waals surface area contributed by atoms with Crippen molar-refractivity contribution in [3.8, 4) is 0 Å². The highest BCUT2D eigenvalue weighted by atomic mass is 19.1. The Morgan fingerprint density at radius 3 is 3.04 bits per heavy atom. The van der Waals surface area contributed by atoms with Crippen LogP contribution in [0.25, 0.3) is 0 Å². The van der Waals surface area contributed by atoms with Gasteiger partial charge in [-0.1, -0.05) is 12.1 Å². The Kier molecular flexibility index (Phi) is 5.42. The summed E-state index contributed by atoms with van der Waals surface area (Å²) in [6.45, 7) is 1.23. The molecule has 7 heteroatoms. The number of piperidine rings is 1. The highest BCUT2D eigenvalue weighted by Gasteiger charge is 2.30. The highest BCUT2D eigenvalue weighted by molar-refractivity contribution is 5.83. The summed E-state index contributed by atoms with van der Waals surface area (Å²) in [5.74, 6) is -0.585. The summed E-state index contributed by atoms with van der Waals surface area (Å²) in [6, 6.07) is 6.20. The third-order valence-corrected chi connectivity index (χ3v) is 4.40. The van der Waals surface area contributed by atoms with E-state index in [1.807, 2.05) is 0 Å². The number of rotatable bonds is 6. The van der Waals surface area contributed by atoms with E-state index in [-0.39, 0.29) is 23.5 Å². The fraction of sp³-hybridized carbons (Fsp3) is 0.389. The lowest BCUT2D eigenvalue weighted by Crippen LogP contribution is -2.45. The van der Waals surface area contributed by atoms with E-state index in [1.165, 1.54) is 12.1 Å². The molecule has 1 atom stereocenters. The number of aromatic nitrogens is 2. The van der Waals surface area contributed by atoms with Crippen molar-refractivity contribution < 1.29 is 14.0 Å². The second kappa shape index (κ2) is 7.92. The van der Waals surface area contributed by atoms with E-state index in [1.54, 1.807) is 29.4 Å². The molecule has 6 nitrogen and oxygen atoms in total. The van der Waals surface area contributed by atoms with Gasteiger partial charge in [-0.15, -0.1) is 0 Å². The highest BCUT2D eigenvalue weighted by Crippen LogP contribution is 2.20. The Morgan fingerprint density at radius 1 is 1.40 bits per heavy atom. The number of likely N-dealkylation sites (tertiary alicyclic amines) is 1. The molecule has 1 aliphatic rings. The number of nitrogens with one attached hydrogen (secondary N) is 2. The molecule has 1 aromatic heterocycles. The molecule has 3 rings (SSSR count). The van der Waals surface area contributed by atoms with Crippen LogP contribution in [0.1, 0.15) is 24.0 Å². The molecule has 0 radical (unpaired) electrons. The van der Waals surface area contributed by atoms with Gasteiger partial charge in [0.2, 0.25) is 11.8 Å². The number of halogens is 1. The van der Waals surface area contributed by atoms with Crippen molar-refractivity contribution in [2.24, 2.45) is 5.92 Å². The first-order valence-corrected chi connectivity index (χ1v) is 8.39. The third-order valence-electron chi connectivity index (χ3n) is 4.40. The molecule has 25 heavy (non-hydrogen) atoms. The summed E-state index contributed by atoms with van der Waals surface area (Å²) in [7, 11) is 0. The number of H-pyrrole nitrogens is 1. The van der Waals surface area contributed by atoms with Gasteiger partial charge in [-0.2, -0.15) is 5.10 Å². The van der Waals surface area contributed by atoms with E-state index < -0.39 is 0 Å². The Morgan fingerprint density at radius 2 is 2.28 bits per heavy atom. The number of hydrogen-bond acceptors (Lipinski definition) is 3. The van der Waals surface area contributed by atoms with E-state index in [0.717, 1.165) is 11.1 Å². The first-order chi connectivity index (χ1) is 12.1. The van der Waals surface area contributed by atoms with Crippen LogP contribution >= 0.6 is 0 Å². The molecule has 1 aromatic carbocycles. The monoisotopic (exact) mass is 344 g/mol.